The summed E-state index contributed by atoms with van der Waals surface area (Å²) in [4.78, 5) is 0. The van der Waals surface area contributed by atoms with E-state index in [9.17, 15) is 5.11 Å². The van der Waals surface area contributed by atoms with E-state index in [0.29, 0.717) is 5.92 Å². The highest BCUT2D eigenvalue weighted by molar-refractivity contribution is 4.86. The van der Waals surface area contributed by atoms with Gasteiger partial charge >= 0.3 is 0 Å². The lowest BCUT2D eigenvalue weighted by atomic mass is 9.74. The van der Waals surface area contributed by atoms with Crippen molar-refractivity contribution in [3.8, 4) is 0 Å². The minimum Gasteiger partial charge on any atom is -0.229 e. The number of hydrogen-bond donors (Lipinski definition) is 0. The molecule has 1 nitrogen and oxygen atoms in total. The van der Waals surface area contributed by atoms with E-state index in [2.05, 4.69) is 27.7 Å². The molecule has 0 fully saturated rings. The molecule has 0 aliphatic rings. The van der Waals surface area contributed by atoms with Crippen LogP contribution in [0.4, 0.5) is 0 Å². The van der Waals surface area contributed by atoms with Gasteiger partial charge in [0.15, 0.2) is 0 Å². The molecule has 27 heavy (non-hydrogen) atoms. The van der Waals surface area contributed by atoms with Gasteiger partial charge in [0.25, 0.3) is 0 Å². The van der Waals surface area contributed by atoms with Crippen LogP contribution in [-0.2, 0) is 5.11 Å². The maximum absolute atomic E-state index is 13.9. The zero-order chi connectivity index (χ0) is 20.2. The molecule has 0 N–H and O–H groups in total. The number of hydrogen-bond acceptors (Lipinski definition) is 0. The fraction of sp³-hybridized carbons (Fsp3) is 1.00. The second-order valence-corrected chi connectivity index (χ2v) is 9.08. The van der Waals surface area contributed by atoms with E-state index in [0.717, 1.165) is 32.1 Å². The van der Waals surface area contributed by atoms with Gasteiger partial charge in [0.05, 0.1) is 0 Å². The first kappa shape index (κ1) is 27.0. The van der Waals surface area contributed by atoms with E-state index in [4.69, 9.17) is 0 Å². The Morgan fingerprint density at radius 1 is 0.481 bits per heavy atom. The molecule has 2 unspecified atom stereocenters. The molecule has 0 aromatic rings. The summed E-state index contributed by atoms with van der Waals surface area (Å²) < 4.78 is 0. The zero-order valence-corrected chi connectivity index (χ0v) is 19.6. The summed E-state index contributed by atoms with van der Waals surface area (Å²) in [5.41, 5.74) is -0.640. The van der Waals surface area contributed by atoms with Gasteiger partial charge in [-0.25, -0.2) is 5.11 Å². The summed E-state index contributed by atoms with van der Waals surface area (Å²) in [5, 5.41) is 13.9. The third-order valence-electron chi connectivity index (χ3n) is 6.46. The van der Waals surface area contributed by atoms with Crippen molar-refractivity contribution in [1.82, 2.24) is 0 Å². The second kappa shape index (κ2) is 19.3. The molecular weight excluding hydrogens is 328 g/mol. The van der Waals surface area contributed by atoms with E-state index in [1.165, 1.54) is 96.3 Å². The van der Waals surface area contributed by atoms with Gasteiger partial charge in [-0.2, -0.15) is 0 Å². The molecule has 0 rings (SSSR count). The molecule has 1 heteroatoms. The number of unbranched alkanes of at least 4 members (excludes halogenated alkanes) is 12. The number of rotatable bonds is 21. The van der Waals surface area contributed by atoms with E-state index in [-0.39, 0.29) is 0 Å². The Labute approximate surface area is 173 Å². The van der Waals surface area contributed by atoms with E-state index >= 15 is 0 Å². The fourth-order valence-electron chi connectivity index (χ4n) is 4.51. The van der Waals surface area contributed by atoms with Gasteiger partial charge in [0.2, 0.25) is 0 Å². The van der Waals surface area contributed by atoms with Crippen molar-refractivity contribution in [3.63, 3.8) is 0 Å². The lowest BCUT2D eigenvalue weighted by Gasteiger charge is -2.35. The Balaban J connectivity index is 4.55. The lowest BCUT2D eigenvalue weighted by molar-refractivity contribution is -0.0995. The molecule has 0 aliphatic carbocycles. The standard InChI is InChI=1S/C26H53O/c1-5-9-13-15-17-19-22-25(21-11-7-3)26(27,23-12-8-4)24-20-18-16-14-10-6-2/h25H,5-24H2,1-4H3. The molecule has 0 amide bonds. The van der Waals surface area contributed by atoms with Gasteiger partial charge in [-0.3, -0.25) is 0 Å². The van der Waals surface area contributed by atoms with Gasteiger partial charge in [0.1, 0.15) is 5.60 Å². The summed E-state index contributed by atoms with van der Waals surface area (Å²) in [6.45, 7) is 9.06. The van der Waals surface area contributed by atoms with Gasteiger partial charge in [-0.05, 0) is 31.6 Å². The minimum atomic E-state index is -0.640. The Morgan fingerprint density at radius 3 is 1.44 bits per heavy atom. The summed E-state index contributed by atoms with van der Waals surface area (Å²) >= 11 is 0. The molecule has 0 aromatic heterocycles. The van der Waals surface area contributed by atoms with Gasteiger partial charge < -0.3 is 0 Å². The SMILES string of the molecule is CCCCCCCCC(CCCC)C([O])(CCCC)CCCCCCCC. The molecule has 0 saturated carbocycles. The maximum Gasteiger partial charge on any atom is 0.106 e. The predicted molar refractivity (Wildman–Crippen MR) is 122 cm³/mol. The molecular formula is C26H53O. The molecule has 163 valence electrons. The highest BCUT2D eigenvalue weighted by atomic mass is 16.3. The van der Waals surface area contributed by atoms with Crippen LogP contribution in [0, 0.1) is 5.92 Å². The van der Waals surface area contributed by atoms with Crippen molar-refractivity contribution in [2.45, 2.75) is 162 Å². The molecule has 0 spiro atoms. The van der Waals surface area contributed by atoms with Crippen molar-refractivity contribution in [2.75, 3.05) is 0 Å². The summed E-state index contributed by atoms with van der Waals surface area (Å²) in [6.07, 6.45) is 24.8. The summed E-state index contributed by atoms with van der Waals surface area (Å²) in [6, 6.07) is 0. The predicted octanol–water partition coefficient (Wildman–Crippen LogP) is 9.65. The minimum absolute atomic E-state index is 0.422. The first-order valence-corrected chi connectivity index (χ1v) is 12.8. The van der Waals surface area contributed by atoms with E-state index in [1.54, 1.807) is 0 Å². The van der Waals surface area contributed by atoms with Gasteiger partial charge in [-0.15, -0.1) is 0 Å². The van der Waals surface area contributed by atoms with Crippen molar-refractivity contribution in [2.24, 2.45) is 5.92 Å². The van der Waals surface area contributed by atoms with Crippen LogP contribution in [0.2, 0.25) is 0 Å². The Morgan fingerprint density at radius 2 is 0.889 bits per heavy atom. The zero-order valence-electron chi connectivity index (χ0n) is 19.6. The van der Waals surface area contributed by atoms with Crippen molar-refractivity contribution < 1.29 is 5.11 Å². The van der Waals surface area contributed by atoms with Crippen LogP contribution in [0.3, 0.4) is 0 Å². The van der Waals surface area contributed by atoms with E-state index in [1.807, 2.05) is 0 Å². The van der Waals surface area contributed by atoms with Gasteiger partial charge in [0, 0.05) is 0 Å². The van der Waals surface area contributed by atoms with Crippen molar-refractivity contribution in [3.05, 3.63) is 0 Å². The second-order valence-electron chi connectivity index (χ2n) is 9.08. The molecule has 0 heterocycles. The molecule has 1 radical (unpaired) electrons. The van der Waals surface area contributed by atoms with Gasteiger partial charge in [-0.1, -0.05) is 130 Å². The lowest BCUT2D eigenvalue weighted by Crippen LogP contribution is -2.37. The molecule has 0 saturated heterocycles. The van der Waals surface area contributed by atoms with Crippen molar-refractivity contribution >= 4 is 0 Å². The first-order valence-electron chi connectivity index (χ1n) is 12.8. The largest absolute Gasteiger partial charge is 0.229 e. The molecule has 0 aliphatic heterocycles. The Bertz CT molecular complexity index is 288. The normalized spacial score (nSPS) is 15.0. The summed E-state index contributed by atoms with van der Waals surface area (Å²) in [7, 11) is 0. The quantitative estimate of drug-likeness (QED) is 0.176. The maximum atomic E-state index is 13.9. The van der Waals surface area contributed by atoms with Crippen LogP contribution in [0.25, 0.3) is 0 Å². The first-order chi connectivity index (χ1) is 13.1. The molecule has 0 aromatic carbocycles. The average Bonchev–Trinajstić information content (AvgIpc) is 2.68. The van der Waals surface area contributed by atoms with E-state index < -0.39 is 5.60 Å². The molecule has 2 atom stereocenters. The Hall–Kier alpha value is -0.0400. The average molecular weight is 382 g/mol. The van der Waals surface area contributed by atoms with Crippen LogP contribution in [0.5, 0.6) is 0 Å². The van der Waals surface area contributed by atoms with Crippen LogP contribution in [0.15, 0.2) is 0 Å². The molecule has 0 bridgehead atoms. The summed E-state index contributed by atoms with van der Waals surface area (Å²) in [5.74, 6) is 0.422. The monoisotopic (exact) mass is 381 g/mol. The highest BCUT2D eigenvalue weighted by Gasteiger charge is 2.36. The van der Waals surface area contributed by atoms with Crippen LogP contribution in [-0.4, -0.2) is 5.60 Å². The third kappa shape index (κ3) is 14.6. The van der Waals surface area contributed by atoms with Crippen LogP contribution in [0.1, 0.15) is 156 Å². The van der Waals surface area contributed by atoms with Crippen LogP contribution < -0.4 is 0 Å². The fourth-order valence-corrected chi connectivity index (χ4v) is 4.51. The Kier molecular flexibility index (Phi) is 19.3. The smallest absolute Gasteiger partial charge is 0.106 e. The third-order valence-corrected chi connectivity index (χ3v) is 6.46. The highest BCUT2D eigenvalue weighted by Crippen LogP contribution is 2.37. The van der Waals surface area contributed by atoms with Crippen molar-refractivity contribution in [1.29, 1.82) is 0 Å². The topological polar surface area (TPSA) is 19.9 Å². The van der Waals surface area contributed by atoms with Crippen LogP contribution >= 0.6 is 0 Å².